The van der Waals surface area contributed by atoms with Crippen molar-refractivity contribution in [2.75, 3.05) is 7.11 Å². The number of carbonyl (C=O) groups is 1. The number of nitro benzene ring substituents is 1. The average Bonchev–Trinajstić information content (AvgIpc) is 2.45. The van der Waals surface area contributed by atoms with Crippen LogP contribution in [0.3, 0.4) is 0 Å². The van der Waals surface area contributed by atoms with E-state index in [0.717, 1.165) is 0 Å². The molecule has 116 valence electrons. The summed E-state index contributed by atoms with van der Waals surface area (Å²) in [5.41, 5.74) is 0.829. The van der Waals surface area contributed by atoms with E-state index in [-0.39, 0.29) is 5.57 Å². The maximum absolute atomic E-state index is 12.0. The summed E-state index contributed by atoms with van der Waals surface area (Å²) in [6.07, 6.45) is 0. The molecule has 0 aliphatic carbocycles. The fraction of sp³-hybridized carbons (Fsp3) is 0.231. The Kier molecular flexibility index (Phi) is 4.27. The quantitative estimate of drug-likeness (QED) is 0.330. The molecule has 2 rings (SSSR count). The third-order valence-electron chi connectivity index (χ3n) is 3.20. The van der Waals surface area contributed by atoms with E-state index in [4.69, 9.17) is 17.0 Å². The Morgan fingerprint density at radius 1 is 1.50 bits per heavy atom. The first-order valence-electron chi connectivity index (χ1n) is 6.19. The van der Waals surface area contributed by atoms with Gasteiger partial charge in [-0.3, -0.25) is 10.1 Å². The molecule has 0 amide bonds. The van der Waals surface area contributed by atoms with Gasteiger partial charge in [-0.25, -0.2) is 4.79 Å². The van der Waals surface area contributed by atoms with Crippen LogP contribution in [0.5, 0.6) is 5.75 Å². The van der Waals surface area contributed by atoms with Gasteiger partial charge in [-0.1, -0.05) is 0 Å². The lowest BCUT2D eigenvalue weighted by Crippen LogP contribution is -2.45. The summed E-state index contributed by atoms with van der Waals surface area (Å²) in [6.45, 7) is 1.66. The van der Waals surface area contributed by atoms with Gasteiger partial charge in [0.1, 0.15) is 0 Å². The molecule has 0 saturated heterocycles. The number of thiocarbonyl (C=S) groups is 1. The second-order valence-electron chi connectivity index (χ2n) is 4.57. The molecule has 3 N–H and O–H groups in total. The van der Waals surface area contributed by atoms with Crippen LogP contribution in [0, 0.1) is 10.1 Å². The van der Waals surface area contributed by atoms with Crippen LogP contribution >= 0.6 is 12.2 Å². The number of allylic oxidation sites excluding steroid dienone is 1. The number of nitrogens with one attached hydrogen (secondary N) is 2. The van der Waals surface area contributed by atoms with Crippen molar-refractivity contribution in [3.05, 3.63) is 45.1 Å². The molecule has 1 aliphatic heterocycles. The Hall–Kier alpha value is -2.68. The minimum atomic E-state index is -0.693. The molecule has 0 radical (unpaired) electrons. The second-order valence-corrected chi connectivity index (χ2v) is 4.98. The maximum Gasteiger partial charge on any atom is 0.337 e. The van der Waals surface area contributed by atoms with Gasteiger partial charge in [-0.2, -0.15) is 0 Å². The van der Waals surface area contributed by atoms with Gasteiger partial charge in [0.2, 0.25) is 0 Å². The van der Waals surface area contributed by atoms with E-state index in [0.29, 0.717) is 16.4 Å². The lowest BCUT2D eigenvalue weighted by molar-refractivity contribution is -0.385. The fourth-order valence-corrected chi connectivity index (χ4v) is 2.47. The molecular weight excluding hydrogens is 310 g/mol. The highest BCUT2D eigenvalue weighted by Gasteiger charge is 2.31. The van der Waals surface area contributed by atoms with Crippen molar-refractivity contribution in [2.24, 2.45) is 0 Å². The van der Waals surface area contributed by atoms with E-state index in [1.54, 1.807) is 6.92 Å². The number of benzene rings is 1. The molecule has 1 atom stereocenters. The SMILES string of the molecule is COC(=O)C1=C(C)NC(=S)N[C@@H]1c1ccc([N+](=O)[O-])c(O)c1. The normalized spacial score (nSPS) is 17.5. The van der Waals surface area contributed by atoms with Gasteiger partial charge in [0.15, 0.2) is 10.9 Å². The van der Waals surface area contributed by atoms with E-state index >= 15 is 0 Å². The van der Waals surface area contributed by atoms with E-state index in [1.807, 2.05) is 0 Å². The molecule has 8 nitrogen and oxygen atoms in total. The van der Waals surface area contributed by atoms with Gasteiger partial charge in [-0.05, 0) is 36.8 Å². The van der Waals surface area contributed by atoms with Crippen LogP contribution in [0.2, 0.25) is 0 Å². The highest BCUT2D eigenvalue weighted by molar-refractivity contribution is 7.80. The van der Waals surface area contributed by atoms with E-state index < -0.39 is 28.4 Å². The zero-order valence-electron chi connectivity index (χ0n) is 11.7. The zero-order chi connectivity index (χ0) is 16.4. The van der Waals surface area contributed by atoms with Gasteiger partial charge in [0.05, 0.1) is 23.6 Å². The molecule has 1 aliphatic rings. The number of aromatic hydroxyl groups is 1. The minimum Gasteiger partial charge on any atom is -0.502 e. The monoisotopic (exact) mass is 323 g/mol. The molecule has 1 heterocycles. The van der Waals surface area contributed by atoms with E-state index in [2.05, 4.69) is 10.6 Å². The van der Waals surface area contributed by atoms with Crippen LogP contribution in [0.15, 0.2) is 29.5 Å². The van der Waals surface area contributed by atoms with Gasteiger partial charge in [0, 0.05) is 11.8 Å². The summed E-state index contributed by atoms with van der Waals surface area (Å²) >= 11 is 5.06. The Balaban J connectivity index is 2.51. The van der Waals surface area contributed by atoms with Crippen LogP contribution in [0.25, 0.3) is 0 Å². The van der Waals surface area contributed by atoms with Crippen molar-refractivity contribution in [3.8, 4) is 5.75 Å². The third kappa shape index (κ3) is 2.84. The topological polar surface area (TPSA) is 114 Å². The summed E-state index contributed by atoms with van der Waals surface area (Å²) in [5.74, 6) is -1.06. The van der Waals surface area contributed by atoms with Crippen LogP contribution in [-0.2, 0) is 9.53 Å². The number of hydrogen-bond donors (Lipinski definition) is 3. The summed E-state index contributed by atoms with van der Waals surface area (Å²) in [6, 6.07) is 3.16. The van der Waals surface area contributed by atoms with Gasteiger partial charge >= 0.3 is 11.7 Å². The molecule has 0 unspecified atom stereocenters. The second kappa shape index (κ2) is 5.98. The number of carbonyl (C=O) groups excluding carboxylic acids is 1. The number of hydrogen-bond acceptors (Lipinski definition) is 6. The number of phenols is 1. The Morgan fingerprint density at radius 3 is 2.73 bits per heavy atom. The van der Waals surface area contributed by atoms with E-state index in [9.17, 15) is 20.0 Å². The molecule has 1 aromatic carbocycles. The Bertz CT molecular complexity index is 701. The van der Waals surface area contributed by atoms with Crippen LogP contribution in [0.4, 0.5) is 5.69 Å². The van der Waals surface area contributed by atoms with Crippen LogP contribution < -0.4 is 10.6 Å². The molecule has 0 bridgehead atoms. The summed E-state index contributed by atoms with van der Waals surface area (Å²) in [5, 5.41) is 26.5. The molecule has 0 spiro atoms. The number of nitrogens with zero attached hydrogens (tertiary/aromatic N) is 1. The average molecular weight is 323 g/mol. The lowest BCUT2D eigenvalue weighted by atomic mass is 9.95. The Labute approximate surface area is 130 Å². The first-order valence-corrected chi connectivity index (χ1v) is 6.60. The Morgan fingerprint density at radius 2 is 2.18 bits per heavy atom. The molecular formula is C13H13N3O5S. The molecule has 9 heteroatoms. The highest BCUT2D eigenvalue weighted by Crippen LogP contribution is 2.33. The summed E-state index contributed by atoms with van der Waals surface area (Å²) in [4.78, 5) is 22.0. The maximum atomic E-state index is 12.0. The largest absolute Gasteiger partial charge is 0.502 e. The highest BCUT2D eigenvalue weighted by atomic mass is 32.1. The number of ether oxygens (including phenoxy) is 1. The van der Waals surface area contributed by atoms with Crippen molar-refractivity contribution in [2.45, 2.75) is 13.0 Å². The predicted molar refractivity (Wildman–Crippen MR) is 81.1 cm³/mol. The molecule has 22 heavy (non-hydrogen) atoms. The van der Waals surface area contributed by atoms with E-state index in [1.165, 1.54) is 25.3 Å². The number of rotatable bonds is 3. The van der Waals surface area contributed by atoms with Crippen molar-refractivity contribution in [1.29, 1.82) is 0 Å². The fourth-order valence-electron chi connectivity index (χ4n) is 2.20. The van der Waals surface area contributed by atoms with Crippen molar-refractivity contribution < 1.29 is 19.6 Å². The summed E-state index contributed by atoms with van der Waals surface area (Å²) in [7, 11) is 1.25. The molecule has 0 aromatic heterocycles. The smallest absolute Gasteiger partial charge is 0.337 e. The third-order valence-corrected chi connectivity index (χ3v) is 3.42. The molecule has 1 aromatic rings. The van der Waals surface area contributed by atoms with Crippen molar-refractivity contribution >= 4 is 29.0 Å². The van der Waals surface area contributed by atoms with Gasteiger partial charge in [0.25, 0.3) is 0 Å². The predicted octanol–water partition coefficient (Wildman–Crippen LogP) is 1.27. The lowest BCUT2D eigenvalue weighted by Gasteiger charge is -2.29. The summed E-state index contributed by atoms with van der Waals surface area (Å²) < 4.78 is 4.75. The molecule has 0 saturated carbocycles. The van der Waals surface area contributed by atoms with Crippen molar-refractivity contribution in [3.63, 3.8) is 0 Å². The van der Waals surface area contributed by atoms with Crippen molar-refractivity contribution in [1.82, 2.24) is 10.6 Å². The molecule has 0 fully saturated rings. The number of esters is 1. The number of nitro groups is 1. The standard InChI is InChI=1S/C13H13N3O5S/c1-6-10(12(18)21-2)11(15-13(22)14-6)7-3-4-8(16(19)20)9(17)5-7/h3-5,11,17H,1-2H3,(H2,14,15,22)/t11-/m1/s1. The van der Waals surface area contributed by atoms with Crippen LogP contribution in [-0.4, -0.2) is 28.2 Å². The van der Waals surface area contributed by atoms with Crippen LogP contribution in [0.1, 0.15) is 18.5 Å². The van der Waals surface area contributed by atoms with Gasteiger partial charge in [-0.15, -0.1) is 0 Å². The number of methoxy groups -OCH3 is 1. The minimum absolute atomic E-state index is 0.282. The first kappa shape index (κ1) is 15.7. The van der Waals surface area contributed by atoms with Gasteiger partial charge < -0.3 is 20.5 Å². The zero-order valence-corrected chi connectivity index (χ0v) is 12.6. The first-order chi connectivity index (χ1) is 10.3. The number of phenolic OH excluding ortho intramolecular Hbond substituents is 1.